The van der Waals surface area contributed by atoms with Crippen molar-refractivity contribution in [3.63, 3.8) is 0 Å². The van der Waals surface area contributed by atoms with Gasteiger partial charge in [0.05, 0.1) is 12.8 Å². The summed E-state index contributed by atoms with van der Waals surface area (Å²) in [4.78, 5) is 17.6. The maximum atomic E-state index is 12.6. The normalized spacial score (nSPS) is 10.5. The molecule has 0 bridgehead atoms. The molecule has 2 aromatic carbocycles. The Morgan fingerprint density at radius 1 is 1.19 bits per heavy atom. The quantitative estimate of drug-likeness (QED) is 0.613. The molecule has 0 aliphatic heterocycles. The number of anilines is 3. The van der Waals surface area contributed by atoms with Crippen LogP contribution in [-0.2, 0) is 0 Å². The molecule has 5 nitrogen and oxygen atoms in total. The molecule has 0 saturated carbocycles. The zero-order chi connectivity index (χ0) is 18.7. The number of nitrogens with zero attached hydrogens (tertiary/aromatic N) is 1. The van der Waals surface area contributed by atoms with Gasteiger partial charge in [0.15, 0.2) is 5.13 Å². The first kappa shape index (κ1) is 18.2. The summed E-state index contributed by atoms with van der Waals surface area (Å²) < 4.78 is 5.22. The van der Waals surface area contributed by atoms with E-state index >= 15 is 0 Å². The van der Waals surface area contributed by atoms with Crippen LogP contribution in [0.2, 0.25) is 5.02 Å². The third kappa shape index (κ3) is 4.15. The minimum Gasteiger partial charge on any atom is -0.497 e. The van der Waals surface area contributed by atoms with Gasteiger partial charge in [-0.1, -0.05) is 29.0 Å². The topological polar surface area (TPSA) is 63.2 Å². The van der Waals surface area contributed by atoms with Gasteiger partial charge < -0.3 is 15.4 Å². The van der Waals surface area contributed by atoms with Gasteiger partial charge in [-0.15, -0.1) is 0 Å². The lowest BCUT2D eigenvalue weighted by atomic mass is 10.2. The van der Waals surface area contributed by atoms with Gasteiger partial charge in [0, 0.05) is 22.5 Å². The number of carbonyl (C=O) groups excluding carboxylic acids is 1. The minimum atomic E-state index is -0.191. The van der Waals surface area contributed by atoms with E-state index < -0.39 is 0 Å². The summed E-state index contributed by atoms with van der Waals surface area (Å²) in [7, 11) is 1.62. The Labute approximate surface area is 161 Å². The molecular weight excluding hydrogens is 370 g/mol. The molecule has 3 aromatic rings. The average Bonchev–Trinajstić information content (AvgIpc) is 2.98. The first-order valence-electron chi connectivity index (χ1n) is 7.92. The predicted octanol–water partition coefficient (Wildman–Crippen LogP) is 5.42. The number of rotatable bonds is 5. The number of benzene rings is 2. The summed E-state index contributed by atoms with van der Waals surface area (Å²) in [6.07, 6.45) is 0. The van der Waals surface area contributed by atoms with Crippen LogP contribution in [0, 0.1) is 13.8 Å². The van der Waals surface area contributed by atoms with Crippen molar-refractivity contribution in [2.45, 2.75) is 13.8 Å². The summed E-state index contributed by atoms with van der Waals surface area (Å²) in [5, 5.41) is 7.41. The largest absolute Gasteiger partial charge is 0.497 e. The van der Waals surface area contributed by atoms with Crippen LogP contribution in [0.4, 0.5) is 16.5 Å². The highest BCUT2D eigenvalue weighted by molar-refractivity contribution is 7.17. The van der Waals surface area contributed by atoms with Crippen LogP contribution in [0.3, 0.4) is 0 Å². The molecular formula is C19H18ClN3O2S. The van der Waals surface area contributed by atoms with Gasteiger partial charge in [-0.2, -0.15) is 0 Å². The van der Waals surface area contributed by atoms with Crippen molar-refractivity contribution >= 4 is 45.4 Å². The summed E-state index contributed by atoms with van der Waals surface area (Å²) in [5.41, 5.74) is 3.15. The number of aryl methyl sites for hydroxylation is 2. The molecule has 0 aliphatic carbocycles. The van der Waals surface area contributed by atoms with Gasteiger partial charge in [-0.25, -0.2) is 4.98 Å². The summed E-state index contributed by atoms with van der Waals surface area (Å²) in [5.74, 6) is 0.559. The minimum absolute atomic E-state index is 0.191. The monoisotopic (exact) mass is 387 g/mol. The Hall–Kier alpha value is -2.57. The maximum Gasteiger partial charge on any atom is 0.267 e. The average molecular weight is 388 g/mol. The molecule has 1 aromatic heterocycles. The lowest BCUT2D eigenvalue weighted by Crippen LogP contribution is -2.12. The molecule has 0 spiro atoms. The number of hydrogen-bond acceptors (Lipinski definition) is 5. The van der Waals surface area contributed by atoms with E-state index in [0.717, 1.165) is 22.7 Å². The number of amides is 1. The third-order valence-electron chi connectivity index (χ3n) is 3.76. The fraction of sp³-hybridized carbons (Fsp3) is 0.158. The highest BCUT2D eigenvalue weighted by Gasteiger charge is 2.16. The molecule has 1 heterocycles. The van der Waals surface area contributed by atoms with E-state index in [1.165, 1.54) is 11.3 Å². The van der Waals surface area contributed by atoms with Crippen molar-refractivity contribution in [1.82, 2.24) is 4.98 Å². The molecule has 0 aliphatic rings. The van der Waals surface area contributed by atoms with Gasteiger partial charge in [0.25, 0.3) is 5.91 Å². The van der Waals surface area contributed by atoms with Gasteiger partial charge in [-0.3, -0.25) is 4.79 Å². The molecule has 0 saturated heterocycles. The maximum absolute atomic E-state index is 12.6. The van der Waals surface area contributed by atoms with Crippen molar-refractivity contribution in [2.24, 2.45) is 0 Å². The van der Waals surface area contributed by atoms with Crippen LogP contribution >= 0.6 is 22.9 Å². The van der Waals surface area contributed by atoms with Crippen LogP contribution in [0.25, 0.3) is 0 Å². The van der Waals surface area contributed by atoms with Crippen LogP contribution in [0.15, 0.2) is 42.5 Å². The van der Waals surface area contributed by atoms with E-state index in [4.69, 9.17) is 16.3 Å². The number of hydrogen-bond donors (Lipinski definition) is 2. The van der Waals surface area contributed by atoms with E-state index in [0.29, 0.717) is 20.7 Å². The Bertz CT molecular complexity index is 956. The van der Waals surface area contributed by atoms with Crippen LogP contribution < -0.4 is 15.4 Å². The molecule has 7 heteroatoms. The number of thiazole rings is 1. The summed E-state index contributed by atoms with van der Waals surface area (Å²) in [6.45, 7) is 3.72. The zero-order valence-corrected chi connectivity index (χ0v) is 16.2. The molecule has 1 amide bonds. The number of nitrogens with one attached hydrogen (secondary N) is 2. The highest BCUT2D eigenvalue weighted by Crippen LogP contribution is 2.28. The zero-order valence-electron chi connectivity index (χ0n) is 14.6. The second-order valence-electron chi connectivity index (χ2n) is 5.70. The summed E-state index contributed by atoms with van der Waals surface area (Å²) in [6, 6.07) is 12.9. The van der Waals surface area contributed by atoms with Crippen molar-refractivity contribution in [2.75, 3.05) is 17.7 Å². The SMILES string of the molecule is COc1cccc(Nc2nc(C)c(C(=O)Nc3ccc(Cl)cc3C)s2)c1. The Kier molecular flexibility index (Phi) is 5.44. The second-order valence-corrected chi connectivity index (χ2v) is 7.14. The molecule has 134 valence electrons. The second kappa shape index (κ2) is 7.76. The number of halogens is 1. The lowest BCUT2D eigenvalue weighted by Gasteiger charge is -2.07. The van der Waals surface area contributed by atoms with Crippen molar-refractivity contribution < 1.29 is 9.53 Å². The Morgan fingerprint density at radius 3 is 2.73 bits per heavy atom. The standard InChI is InChI=1S/C19H18ClN3O2S/c1-11-9-13(20)7-8-16(11)23-18(24)17-12(2)21-19(26-17)22-14-5-4-6-15(10-14)25-3/h4-10H,1-3H3,(H,21,22)(H,23,24). The first-order chi connectivity index (χ1) is 12.5. The van der Waals surface area contributed by atoms with Crippen LogP contribution in [0.1, 0.15) is 20.9 Å². The van der Waals surface area contributed by atoms with Crippen LogP contribution in [-0.4, -0.2) is 18.0 Å². The number of ether oxygens (including phenoxy) is 1. The Morgan fingerprint density at radius 2 is 2.00 bits per heavy atom. The smallest absolute Gasteiger partial charge is 0.267 e. The fourth-order valence-corrected chi connectivity index (χ4v) is 3.54. The molecule has 0 unspecified atom stereocenters. The lowest BCUT2D eigenvalue weighted by molar-refractivity contribution is 0.102. The number of aromatic nitrogens is 1. The van der Waals surface area contributed by atoms with Crippen molar-refractivity contribution in [3.05, 3.63) is 63.6 Å². The molecule has 3 rings (SSSR count). The summed E-state index contributed by atoms with van der Waals surface area (Å²) >= 11 is 7.26. The van der Waals surface area contributed by atoms with Gasteiger partial charge in [-0.05, 0) is 49.7 Å². The van der Waals surface area contributed by atoms with Gasteiger partial charge >= 0.3 is 0 Å². The highest BCUT2D eigenvalue weighted by atomic mass is 35.5. The Balaban J connectivity index is 1.77. The van der Waals surface area contributed by atoms with E-state index in [9.17, 15) is 4.79 Å². The predicted molar refractivity (Wildman–Crippen MR) is 107 cm³/mol. The van der Waals surface area contributed by atoms with E-state index in [1.54, 1.807) is 19.2 Å². The first-order valence-corrected chi connectivity index (χ1v) is 9.11. The van der Waals surface area contributed by atoms with Gasteiger partial charge in [0.2, 0.25) is 0 Å². The molecule has 0 radical (unpaired) electrons. The van der Waals surface area contributed by atoms with Gasteiger partial charge in [0.1, 0.15) is 10.6 Å². The fourth-order valence-electron chi connectivity index (χ4n) is 2.43. The number of carbonyl (C=O) groups is 1. The third-order valence-corrected chi connectivity index (χ3v) is 5.07. The van der Waals surface area contributed by atoms with E-state index in [1.807, 2.05) is 44.2 Å². The molecule has 2 N–H and O–H groups in total. The van der Waals surface area contributed by atoms with Crippen molar-refractivity contribution in [1.29, 1.82) is 0 Å². The molecule has 0 atom stereocenters. The van der Waals surface area contributed by atoms with Crippen molar-refractivity contribution in [3.8, 4) is 5.75 Å². The van der Waals surface area contributed by atoms with E-state index in [2.05, 4.69) is 15.6 Å². The molecule has 0 fully saturated rings. The number of methoxy groups -OCH3 is 1. The van der Waals surface area contributed by atoms with Crippen LogP contribution in [0.5, 0.6) is 5.75 Å². The molecule has 26 heavy (non-hydrogen) atoms. The van der Waals surface area contributed by atoms with E-state index in [-0.39, 0.29) is 5.91 Å².